The Hall–Kier alpha value is 2.61. The summed E-state index contributed by atoms with van der Waals surface area (Å²) in [7, 11) is 0. The molecule has 0 fully saturated rings. The van der Waals surface area contributed by atoms with Crippen molar-refractivity contribution in [1.82, 2.24) is 0 Å². The Balaban J connectivity index is 0. The van der Waals surface area contributed by atoms with Crippen molar-refractivity contribution in [2.45, 2.75) is 0 Å². The third-order valence-corrected chi connectivity index (χ3v) is 0. The molecule has 0 aromatic carbocycles. The smallest absolute Gasteiger partial charge is 0 e. The van der Waals surface area contributed by atoms with Gasteiger partial charge in [-0.2, -0.15) is 0 Å². The zero-order chi connectivity index (χ0) is 0. The maximum Gasteiger partial charge on any atom is 0 e. The molecular weight excluding hydrogens is 360 g/mol. The molecule has 0 amide bonds. The molecule has 0 aliphatic rings. The SMILES string of the molecule is [Cu].[Ni].[Sn].[Sn]. The molecule has 0 aromatic heterocycles. The number of rotatable bonds is 0. The minimum Gasteiger partial charge on any atom is 0 e. The minimum absolute atomic E-state index is 0. The molecule has 0 heterocycles. The van der Waals surface area contributed by atoms with Crippen molar-refractivity contribution in [2.75, 3.05) is 0 Å². The molecule has 0 saturated carbocycles. The molecule has 0 atom stereocenters. The summed E-state index contributed by atoms with van der Waals surface area (Å²) in [5.41, 5.74) is 0. The van der Waals surface area contributed by atoms with Crippen LogP contribution in [0, 0.1) is 0 Å². The van der Waals surface area contributed by atoms with Crippen LogP contribution < -0.4 is 0 Å². The molecule has 4 heavy (non-hydrogen) atoms. The molecule has 0 spiro atoms. The van der Waals surface area contributed by atoms with Crippen LogP contribution in [0.3, 0.4) is 0 Å². The summed E-state index contributed by atoms with van der Waals surface area (Å²) in [6.45, 7) is 0. The third-order valence-electron chi connectivity index (χ3n) is 0. The van der Waals surface area contributed by atoms with Crippen LogP contribution in [0.2, 0.25) is 0 Å². The van der Waals surface area contributed by atoms with E-state index in [4.69, 9.17) is 0 Å². The van der Waals surface area contributed by atoms with Gasteiger partial charge in [-0.05, 0) is 0 Å². The molecule has 4 heteroatoms. The number of hydrogen-bond donors (Lipinski definition) is 0. The molecule has 0 saturated heterocycles. The maximum atomic E-state index is 0. The van der Waals surface area contributed by atoms with Gasteiger partial charge in [0.15, 0.2) is 0 Å². The Morgan fingerprint density at radius 1 is 0.750 bits per heavy atom. The van der Waals surface area contributed by atoms with Gasteiger partial charge in [0.05, 0.1) is 0 Å². The molecule has 0 nitrogen and oxygen atoms in total. The molecule has 0 bridgehead atoms. The zero-order valence-electron chi connectivity index (χ0n) is 1.62. The van der Waals surface area contributed by atoms with Crippen LogP contribution in [0.15, 0.2) is 0 Å². The van der Waals surface area contributed by atoms with E-state index < -0.39 is 0 Å². The minimum atomic E-state index is 0. The molecule has 0 N–H and O–H groups in total. The van der Waals surface area contributed by atoms with E-state index in [1.54, 1.807) is 0 Å². The first-order valence-electron chi connectivity index (χ1n) is 0. The Morgan fingerprint density at radius 2 is 0.750 bits per heavy atom. The summed E-state index contributed by atoms with van der Waals surface area (Å²) >= 11 is 0. The summed E-state index contributed by atoms with van der Waals surface area (Å²) < 4.78 is 0. The fraction of sp³-hybridized carbons (Fsp3) is 0. The molecule has 9 radical (unpaired) electrons. The number of hydrogen-bond acceptors (Lipinski definition) is 0. The standard InChI is InChI=1S/Cu.Ni.2Sn. The summed E-state index contributed by atoms with van der Waals surface area (Å²) in [5.74, 6) is 0. The summed E-state index contributed by atoms with van der Waals surface area (Å²) in [6.07, 6.45) is 0. The average Bonchev–Trinajstić information content (AvgIpc) is 0. The molecule has 0 aliphatic heterocycles. The van der Waals surface area contributed by atoms with Gasteiger partial charge in [-0.25, -0.2) is 0 Å². The first kappa shape index (κ1) is 30.5. The zero-order valence-corrected chi connectivity index (χ0v) is 9.26. The monoisotopic (exact) mass is 361 g/mol. The van der Waals surface area contributed by atoms with Gasteiger partial charge in [-0.1, -0.05) is 0 Å². The Morgan fingerprint density at radius 3 is 0.750 bits per heavy atom. The fourth-order valence-corrected chi connectivity index (χ4v) is 0. The van der Waals surface area contributed by atoms with Gasteiger partial charge in [-0.3, -0.25) is 0 Å². The summed E-state index contributed by atoms with van der Waals surface area (Å²) in [4.78, 5) is 0. The fourth-order valence-electron chi connectivity index (χ4n) is 0. The van der Waals surface area contributed by atoms with E-state index in [-0.39, 0.29) is 81.4 Å². The quantitative estimate of drug-likeness (QED) is 0.499. The predicted molar refractivity (Wildman–Crippen MR) is 11.5 cm³/mol. The van der Waals surface area contributed by atoms with Gasteiger partial charge in [0, 0.05) is 81.4 Å². The Kier molecular flexibility index (Phi) is 134. The molecule has 0 rings (SSSR count). The second-order valence-electron chi connectivity index (χ2n) is 0. The van der Waals surface area contributed by atoms with E-state index in [0.717, 1.165) is 0 Å². The second-order valence-corrected chi connectivity index (χ2v) is 0. The van der Waals surface area contributed by atoms with E-state index >= 15 is 0 Å². The Labute approximate surface area is 80.2 Å². The topological polar surface area (TPSA) is 0 Å². The molecule has 0 aromatic rings. The van der Waals surface area contributed by atoms with Gasteiger partial charge in [0.25, 0.3) is 0 Å². The molecule has 0 aliphatic carbocycles. The average molecular weight is 360 g/mol. The van der Waals surface area contributed by atoms with E-state index in [1.807, 2.05) is 0 Å². The summed E-state index contributed by atoms with van der Waals surface area (Å²) in [5, 5.41) is 0. The summed E-state index contributed by atoms with van der Waals surface area (Å²) in [6, 6.07) is 0. The second kappa shape index (κ2) is 17.5. The van der Waals surface area contributed by atoms with E-state index in [1.165, 1.54) is 0 Å². The van der Waals surface area contributed by atoms with Crippen LogP contribution in [-0.4, -0.2) is 47.8 Å². The van der Waals surface area contributed by atoms with Crippen LogP contribution in [0.5, 0.6) is 0 Å². The third kappa shape index (κ3) is 8.82. The Bertz CT molecular complexity index is 6.00. The van der Waals surface area contributed by atoms with Crippen LogP contribution in [0.1, 0.15) is 0 Å². The molecule has 29 valence electrons. The van der Waals surface area contributed by atoms with Crippen molar-refractivity contribution in [3.63, 3.8) is 0 Å². The van der Waals surface area contributed by atoms with Crippen molar-refractivity contribution >= 4 is 47.8 Å². The van der Waals surface area contributed by atoms with Crippen molar-refractivity contribution in [3.8, 4) is 0 Å². The van der Waals surface area contributed by atoms with Crippen molar-refractivity contribution in [1.29, 1.82) is 0 Å². The van der Waals surface area contributed by atoms with E-state index in [0.29, 0.717) is 0 Å². The van der Waals surface area contributed by atoms with E-state index in [2.05, 4.69) is 0 Å². The van der Waals surface area contributed by atoms with Crippen LogP contribution in [0.25, 0.3) is 0 Å². The first-order chi connectivity index (χ1) is 0. The first-order valence-corrected chi connectivity index (χ1v) is 0. The van der Waals surface area contributed by atoms with Gasteiger partial charge in [0.2, 0.25) is 0 Å². The predicted octanol–water partition coefficient (Wildman–Crippen LogP) is -0.767. The van der Waals surface area contributed by atoms with Crippen molar-refractivity contribution in [2.24, 2.45) is 0 Å². The van der Waals surface area contributed by atoms with Gasteiger partial charge in [0.1, 0.15) is 0 Å². The van der Waals surface area contributed by atoms with Crippen LogP contribution in [0.4, 0.5) is 0 Å². The van der Waals surface area contributed by atoms with Crippen LogP contribution in [-0.2, 0) is 33.6 Å². The largest absolute Gasteiger partial charge is 0 e. The van der Waals surface area contributed by atoms with Crippen molar-refractivity contribution in [3.05, 3.63) is 0 Å². The van der Waals surface area contributed by atoms with Crippen LogP contribution >= 0.6 is 0 Å². The molecule has 0 unspecified atom stereocenters. The van der Waals surface area contributed by atoms with Gasteiger partial charge < -0.3 is 0 Å². The van der Waals surface area contributed by atoms with Crippen molar-refractivity contribution < 1.29 is 33.6 Å². The molecular formula is CuNiSn2. The van der Waals surface area contributed by atoms with Gasteiger partial charge >= 0.3 is 0 Å². The van der Waals surface area contributed by atoms with Gasteiger partial charge in [-0.15, -0.1) is 0 Å². The van der Waals surface area contributed by atoms with E-state index in [9.17, 15) is 0 Å². The normalized spacial score (nSPS) is 0. The maximum absolute atomic E-state index is 0.